The highest BCUT2D eigenvalue weighted by atomic mass is 35.5. The highest BCUT2D eigenvalue weighted by Crippen LogP contribution is 2.30. The van der Waals surface area contributed by atoms with E-state index in [1.165, 1.54) is 38.2 Å². The normalized spacial score (nSPS) is 17.5. The van der Waals surface area contributed by atoms with E-state index < -0.39 is 0 Å². The topological polar surface area (TPSA) is 55.2 Å². The second-order valence-electron chi connectivity index (χ2n) is 5.10. The van der Waals surface area contributed by atoms with Crippen molar-refractivity contribution in [3.8, 4) is 0 Å². The van der Waals surface area contributed by atoms with E-state index in [1.54, 1.807) is 12.1 Å². The maximum absolute atomic E-state index is 11.0. The molecule has 2 rings (SSSR count). The zero-order chi connectivity index (χ0) is 13.7. The van der Waals surface area contributed by atoms with Crippen LogP contribution >= 0.6 is 11.6 Å². The highest BCUT2D eigenvalue weighted by molar-refractivity contribution is 6.31. The number of hydrogen-bond acceptors (Lipinski definition) is 3. The van der Waals surface area contributed by atoms with Gasteiger partial charge in [0.1, 0.15) is 5.69 Å². The molecule has 104 valence electrons. The van der Waals surface area contributed by atoms with Crippen LogP contribution in [0.15, 0.2) is 18.2 Å². The van der Waals surface area contributed by atoms with Gasteiger partial charge in [0, 0.05) is 17.1 Å². The van der Waals surface area contributed by atoms with Crippen LogP contribution in [0, 0.1) is 10.1 Å². The molecule has 0 bridgehead atoms. The summed E-state index contributed by atoms with van der Waals surface area (Å²) >= 11 is 5.93. The fraction of sp³-hybridized carbons (Fsp3) is 0.571. The van der Waals surface area contributed by atoms with Crippen molar-refractivity contribution in [3.05, 3.63) is 33.3 Å². The third kappa shape index (κ3) is 4.10. The summed E-state index contributed by atoms with van der Waals surface area (Å²) in [6.45, 7) is 0. The molecule has 1 aliphatic rings. The number of nitrogens with one attached hydrogen (secondary N) is 1. The lowest BCUT2D eigenvalue weighted by atomic mass is 9.96. The third-order valence-electron chi connectivity index (χ3n) is 3.62. The van der Waals surface area contributed by atoms with Crippen molar-refractivity contribution in [1.82, 2.24) is 0 Å². The van der Waals surface area contributed by atoms with Crippen LogP contribution in [0.2, 0.25) is 5.02 Å². The minimum atomic E-state index is -0.360. The van der Waals surface area contributed by atoms with E-state index in [2.05, 4.69) is 5.32 Å². The highest BCUT2D eigenvalue weighted by Gasteiger charge is 2.18. The van der Waals surface area contributed by atoms with Crippen LogP contribution in [0.1, 0.15) is 44.9 Å². The largest absolute Gasteiger partial charge is 0.377 e. The smallest absolute Gasteiger partial charge is 0.292 e. The van der Waals surface area contributed by atoms with Crippen molar-refractivity contribution in [1.29, 1.82) is 0 Å². The van der Waals surface area contributed by atoms with E-state index >= 15 is 0 Å². The molecular weight excluding hydrogens is 264 g/mol. The average Bonchev–Trinajstić information content (AvgIpc) is 2.32. The molecule has 1 aromatic rings. The maximum atomic E-state index is 11.0. The second kappa shape index (κ2) is 6.75. The molecule has 0 unspecified atom stereocenters. The number of halogens is 1. The molecule has 0 aromatic heterocycles. The van der Waals surface area contributed by atoms with Crippen molar-refractivity contribution < 1.29 is 4.92 Å². The quantitative estimate of drug-likeness (QED) is 0.641. The molecule has 0 atom stereocenters. The first kappa shape index (κ1) is 14.1. The Labute approximate surface area is 118 Å². The zero-order valence-corrected chi connectivity index (χ0v) is 11.7. The lowest BCUT2D eigenvalue weighted by Crippen LogP contribution is -2.21. The molecule has 1 N–H and O–H groups in total. The van der Waals surface area contributed by atoms with E-state index in [-0.39, 0.29) is 10.6 Å². The van der Waals surface area contributed by atoms with Gasteiger partial charge in [-0.3, -0.25) is 10.1 Å². The molecule has 5 heteroatoms. The Kier molecular flexibility index (Phi) is 5.02. The first-order valence-electron chi connectivity index (χ1n) is 6.87. The van der Waals surface area contributed by atoms with Crippen molar-refractivity contribution in [2.24, 2.45) is 0 Å². The summed E-state index contributed by atoms with van der Waals surface area (Å²) in [7, 11) is 0. The zero-order valence-electron chi connectivity index (χ0n) is 10.9. The van der Waals surface area contributed by atoms with Crippen LogP contribution in [0.3, 0.4) is 0 Å². The number of anilines is 1. The Morgan fingerprint density at radius 2 is 1.79 bits per heavy atom. The standard InChI is InChI=1S/C14H19ClN2O2/c15-11-8-9-14(17(18)19)13(10-11)16-12-6-4-2-1-3-5-7-12/h8-10,12,16H,1-7H2. The van der Waals surface area contributed by atoms with Gasteiger partial charge in [-0.2, -0.15) is 0 Å². The molecule has 0 saturated heterocycles. The van der Waals surface area contributed by atoms with Crippen LogP contribution in [-0.2, 0) is 0 Å². The summed E-state index contributed by atoms with van der Waals surface area (Å²) in [5.74, 6) is 0. The van der Waals surface area contributed by atoms with Gasteiger partial charge < -0.3 is 5.32 Å². The number of nitro groups is 1. The number of hydrogen-bond donors (Lipinski definition) is 1. The Hall–Kier alpha value is -1.29. The van der Waals surface area contributed by atoms with Crippen molar-refractivity contribution >= 4 is 23.0 Å². The Morgan fingerprint density at radius 1 is 1.16 bits per heavy atom. The summed E-state index contributed by atoms with van der Waals surface area (Å²) in [4.78, 5) is 10.7. The summed E-state index contributed by atoms with van der Waals surface area (Å²) < 4.78 is 0. The summed E-state index contributed by atoms with van der Waals surface area (Å²) in [5, 5.41) is 14.9. The molecule has 1 aromatic carbocycles. The molecular formula is C14H19ClN2O2. The first-order valence-corrected chi connectivity index (χ1v) is 7.25. The van der Waals surface area contributed by atoms with Crippen LogP contribution < -0.4 is 5.32 Å². The summed E-state index contributed by atoms with van der Waals surface area (Å²) in [6.07, 6.45) is 8.35. The van der Waals surface area contributed by atoms with Crippen molar-refractivity contribution in [3.63, 3.8) is 0 Å². The number of nitrogens with zero attached hydrogens (tertiary/aromatic N) is 1. The number of nitro benzene ring substituents is 1. The fourth-order valence-electron chi connectivity index (χ4n) is 2.60. The molecule has 1 fully saturated rings. The van der Waals surface area contributed by atoms with Gasteiger partial charge in [0.15, 0.2) is 0 Å². The van der Waals surface area contributed by atoms with E-state index in [1.807, 2.05) is 0 Å². The van der Waals surface area contributed by atoms with Gasteiger partial charge in [-0.25, -0.2) is 0 Å². The van der Waals surface area contributed by atoms with Gasteiger partial charge in [-0.1, -0.05) is 43.7 Å². The predicted molar refractivity (Wildman–Crippen MR) is 77.8 cm³/mol. The van der Waals surface area contributed by atoms with Crippen LogP contribution in [0.25, 0.3) is 0 Å². The average molecular weight is 283 g/mol. The van der Waals surface area contributed by atoms with Gasteiger partial charge >= 0.3 is 0 Å². The molecule has 0 heterocycles. The second-order valence-corrected chi connectivity index (χ2v) is 5.54. The van der Waals surface area contributed by atoms with Gasteiger partial charge in [-0.05, 0) is 25.0 Å². The van der Waals surface area contributed by atoms with E-state index in [9.17, 15) is 10.1 Å². The van der Waals surface area contributed by atoms with Crippen LogP contribution in [0.4, 0.5) is 11.4 Å². The number of benzene rings is 1. The van der Waals surface area contributed by atoms with Gasteiger partial charge in [0.25, 0.3) is 5.69 Å². The van der Waals surface area contributed by atoms with E-state index in [0.717, 1.165) is 12.8 Å². The SMILES string of the molecule is O=[N+]([O-])c1ccc(Cl)cc1NC1CCCCCCC1. The minimum Gasteiger partial charge on any atom is -0.377 e. The molecule has 1 aliphatic carbocycles. The first-order chi connectivity index (χ1) is 9.16. The van der Waals surface area contributed by atoms with E-state index in [4.69, 9.17) is 11.6 Å². The molecule has 0 radical (unpaired) electrons. The minimum absolute atomic E-state index is 0.103. The maximum Gasteiger partial charge on any atom is 0.292 e. The Morgan fingerprint density at radius 3 is 2.42 bits per heavy atom. The predicted octanol–water partition coefficient (Wildman–Crippen LogP) is 4.77. The van der Waals surface area contributed by atoms with Gasteiger partial charge in [-0.15, -0.1) is 0 Å². The van der Waals surface area contributed by atoms with Crippen molar-refractivity contribution in [2.45, 2.75) is 51.0 Å². The lowest BCUT2D eigenvalue weighted by molar-refractivity contribution is -0.384. The van der Waals surface area contributed by atoms with E-state index in [0.29, 0.717) is 16.8 Å². The van der Waals surface area contributed by atoms with Gasteiger partial charge in [0.05, 0.1) is 4.92 Å². The number of rotatable bonds is 3. The van der Waals surface area contributed by atoms with Gasteiger partial charge in [0.2, 0.25) is 0 Å². The third-order valence-corrected chi connectivity index (χ3v) is 3.86. The summed E-state index contributed by atoms with van der Waals surface area (Å²) in [5.41, 5.74) is 0.648. The van der Waals surface area contributed by atoms with Crippen LogP contribution in [-0.4, -0.2) is 11.0 Å². The fourth-order valence-corrected chi connectivity index (χ4v) is 2.78. The molecule has 4 nitrogen and oxygen atoms in total. The van der Waals surface area contributed by atoms with Crippen LogP contribution in [0.5, 0.6) is 0 Å². The Balaban J connectivity index is 2.11. The molecule has 0 spiro atoms. The molecule has 1 saturated carbocycles. The lowest BCUT2D eigenvalue weighted by Gasteiger charge is -2.22. The Bertz CT molecular complexity index is 443. The summed E-state index contributed by atoms with van der Waals surface area (Å²) in [6, 6.07) is 4.99. The molecule has 19 heavy (non-hydrogen) atoms. The monoisotopic (exact) mass is 282 g/mol. The molecule has 0 aliphatic heterocycles. The molecule has 0 amide bonds. The van der Waals surface area contributed by atoms with Crippen molar-refractivity contribution in [2.75, 3.05) is 5.32 Å².